The molecule has 3 aliphatic rings. The molecule has 0 aromatic heterocycles. The Labute approximate surface area is 176 Å². The molecule has 2 heteroatoms. The van der Waals surface area contributed by atoms with Crippen molar-refractivity contribution in [1.29, 1.82) is 0 Å². The van der Waals surface area contributed by atoms with Gasteiger partial charge in [-0.25, -0.2) is 0 Å². The fraction of sp³-hybridized carbons (Fsp3) is 0.760. The van der Waals surface area contributed by atoms with Crippen molar-refractivity contribution in [2.45, 2.75) is 107 Å². The van der Waals surface area contributed by atoms with Gasteiger partial charge in [0.25, 0.3) is 0 Å². The predicted octanol–water partition coefficient (Wildman–Crippen LogP) is 8.39. The number of halogens is 1. The lowest BCUT2D eigenvalue weighted by molar-refractivity contribution is 0.173. The van der Waals surface area contributed by atoms with E-state index in [9.17, 15) is 0 Å². The van der Waals surface area contributed by atoms with Gasteiger partial charge in [-0.1, -0.05) is 82.1 Å². The molecule has 0 radical (unpaired) electrons. The molecule has 0 amide bonds. The average molecular weight is 407 g/mol. The minimum Gasteiger partial charge on any atom is -0.147 e. The van der Waals surface area contributed by atoms with Gasteiger partial charge in [-0.3, -0.25) is 0 Å². The smallest absolute Gasteiger partial charge is 0.0156 e. The van der Waals surface area contributed by atoms with Gasteiger partial charge in [0.05, 0.1) is 0 Å². The lowest BCUT2D eigenvalue weighted by Crippen LogP contribution is -2.40. The standard InChI is InChI=1S/C25H39P.ClH/c26-25(21-14-6-2-7-15-21,22-16-8-3-9-17-22)24-19-11-10-18-23(24)20-12-4-1-5-13-20;/h10-11,18-22H,1-9,12-17,26H2;1H. The first-order chi connectivity index (χ1) is 12.8. The van der Waals surface area contributed by atoms with Crippen molar-refractivity contribution in [2.24, 2.45) is 11.8 Å². The molecule has 1 unspecified atom stereocenters. The molecule has 3 aliphatic carbocycles. The molecule has 1 aromatic rings. The molecular formula is C25H40ClP. The van der Waals surface area contributed by atoms with Crippen LogP contribution < -0.4 is 0 Å². The van der Waals surface area contributed by atoms with E-state index >= 15 is 0 Å². The topological polar surface area (TPSA) is 0 Å². The highest BCUT2D eigenvalue weighted by Crippen LogP contribution is 2.56. The summed E-state index contributed by atoms with van der Waals surface area (Å²) >= 11 is 0. The fourth-order valence-electron chi connectivity index (χ4n) is 6.59. The highest BCUT2D eigenvalue weighted by molar-refractivity contribution is 7.18. The first-order valence-electron chi connectivity index (χ1n) is 11.7. The summed E-state index contributed by atoms with van der Waals surface area (Å²) in [5.74, 6) is 2.59. The van der Waals surface area contributed by atoms with Crippen molar-refractivity contribution in [3.05, 3.63) is 35.4 Å². The Morgan fingerprint density at radius 2 is 1.07 bits per heavy atom. The van der Waals surface area contributed by atoms with E-state index in [2.05, 4.69) is 33.5 Å². The van der Waals surface area contributed by atoms with E-state index in [1.54, 1.807) is 11.1 Å². The second kappa shape index (κ2) is 10.1. The molecule has 4 rings (SSSR count). The van der Waals surface area contributed by atoms with Crippen molar-refractivity contribution in [3.8, 4) is 0 Å². The first-order valence-corrected chi connectivity index (χ1v) is 12.3. The molecule has 1 aromatic carbocycles. The molecule has 0 nitrogen and oxygen atoms in total. The van der Waals surface area contributed by atoms with Gasteiger partial charge in [0, 0.05) is 5.16 Å². The number of benzene rings is 1. The van der Waals surface area contributed by atoms with E-state index in [-0.39, 0.29) is 12.4 Å². The Morgan fingerprint density at radius 3 is 1.59 bits per heavy atom. The maximum atomic E-state index is 3.52. The Bertz CT molecular complexity index is 547. The fourth-order valence-corrected chi connectivity index (χ4v) is 7.52. The number of hydrogen-bond acceptors (Lipinski definition) is 0. The molecular weight excluding hydrogens is 367 g/mol. The zero-order valence-corrected chi connectivity index (χ0v) is 19.1. The Morgan fingerprint density at radius 1 is 0.630 bits per heavy atom. The molecule has 0 spiro atoms. The zero-order chi connectivity index (χ0) is 17.8. The lowest BCUT2D eigenvalue weighted by Gasteiger charge is -2.49. The monoisotopic (exact) mass is 406 g/mol. The number of rotatable bonds is 4. The van der Waals surface area contributed by atoms with Gasteiger partial charge in [-0.15, -0.1) is 21.6 Å². The van der Waals surface area contributed by atoms with Crippen LogP contribution in [0.4, 0.5) is 0 Å². The van der Waals surface area contributed by atoms with Gasteiger partial charge in [0.2, 0.25) is 0 Å². The highest BCUT2D eigenvalue weighted by Gasteiger charge is 2.44. The lowest BCUT2D eigenvalue weighted by atomic mass is 9.64. The average Bonchev–Trinajstić information content (AvgIpc) is 2.75. The van der Waals surface area contributed by atoms with Crippen LogP contribution in [0.25, 0.3) is 0 Å². The van der Waals surface area contributed by atoms with Gasteiger partial charge in [0.1, 0.15) is 0 Å². The van der Waals surface area contributed by atoms with Gasteiger partial charge < -0.3 is 0 Å². The maximum Gasteiger partial charge on any atom is 0.0156 e. The van der Waals surface area contributed by atoms with E-state index in [0.29, 0.717) is 5.16 Å². The van der Waals surface area contributed by atoms with Crippen molar-refractivity contribution in [1.82, 2.24) is 0 Å². The molecule has 0 saturated heterocycles. The summed E-state index contributed by atoms with van der Waals surface area (Å²) in [5.41, 5.74) is 3.48. The van der Waals surface area contributed by atoms with Gasteiger partial charge >= 0.3 is 0 Å². The van der Waals surface area contributed by atoms with E-state index in [0.717, 1.165) is 17.8 Å². The normalized spacial score (nSPS) is 23.7. The molecule has 27 heavy (non-hydrogen) atoms. The largest absolute Gasteiger partial charge is 0.147 e. The summed E-state index contributed by atoms with van der Waals surface area (Å²) in [7, 11) is 3.52. The minimum atomic E-state index is 0. The van der Waals surface area contributed by atoms with E-state index in [1.807, 2.05) is 0 Å². The summed E-state index contributed by atoms with van der Waals surface area (Å²) < 4.78 is 0. The van der Waals surface area contributed by atoms with Gasteiger partial charge in [-0.2, -0.15) is 0 Å². The summed E-state index contributed by atoms with van der Waals surface area (Å²) in [6.45, 7) is 0. The quantitative estimate of drug-likeness (QED) is 0.440. The van der Waals surface area contributed by atoms with Gasteiger partial charge in [0.15, 0.2) is 0 Å². The molecule has 1 atom stereocenters. The summed E-state index contributed by atoms with van der Waals surface area (Å²) in [4.78, 5) is 0. The van der Waals surface area contributed by atoms with Crippen LogP contribution in [-0.2, 0) is 5.16 Å². The van der Waals surface area contributed by atoms with Crippen LogP contribution in [0.1, 0.15) is 113 Å². The molecule has 3 fully saturated rings. The summed E-state index contributed by atoms with van der Waals surface area (Å²) in [6, 6.07) is 9.71. The third-order valence-electron chi connectivity index (χ3n) is 8.03. The van der Waals surface area contributed by atoms with Crippen LogP contribution in [0, 0.1) is 11.8 Å². The van der Waals surface area contributed by atoms with Crippen LogP contribution in [0.2, 0.25) is 0 Å². The Kier molecular flexibility index (Phi) is 8.11. The van der Waals surface area contributed by atoms with Crippen LogP contribution >= 0.6 is 21.6 Å². The van der Waals surface area contributed by atoms with Gasteiger partial charge in [-0.05, 0) is 67.4 Å². The molecule has 3 saturated carbocycles. The summed E-state index contributed by atoms with van der Waals surface area (Å²) in [5, 5.41) is 0.342. The van der Waals surface area contributed by atoms with Crippen molar-refractivity contribution in [2.75, 3.05) is 0 Å². The first kappa shape index (κ1) is 21.6. The molecule has 0 bridgehead atoms. The minimum absolute atomic E-state index is 0. The van der Waals surface area contributed by atoms with E-state index in [1.165, 1.54) is 96.3 Å². The third-order valence-corrected chi connectivity index (χ3v) is 9.29. The molecule has 0 heterocycles. The Balaban J connectivity index is 0.00000210. The van der Waals surface area contributed by atoms with Crippen LogP contribution in [0.5, 0.6) is 0 Å². The zero-order valence-electron chi connectivity index (χ0n) is 17.1. The predicted molar refractivity (Wildman–Crippen MR) is 124 cm³/mol. The molecule has 0 N–H and O–H groups in total. The number of hydrogen-bond donors (Lipinski definition) is 0. The van der Waals surface area contributed by atoms with Crippen molar-refractivity contribution < 1.29 is 0 Å². The van der Waals surface area contributed by atoms with Crippen LogP contribution in [0.3, 0.4) is 0 Å². The van der Waals surface area contributed by atoms with Crippen molar-refractivity contribution in [3.63, 3.8) is 0 Å². The van der Waals surface area contributed by atoms with E-state index in [4.69, 9.17) is 0 Å². The third kappa shape index (κ3) is 4.59. The summed E-state index contributed by atoms with van der Waals surface area (Å²) in [6.07, 6.45) is 21.8. The molecule has 0 aliphatic heterocycles. The maximum absolute atomic E-state index is 3.52. The second-order valence-corrected chi connectivity index (χ2v) is 10.5. The highest BCUT2D eigenvalue weighted by atomic mass is 35.5. The second-order valence-electron chi connectivity index (χ2n) is 9.53. The van der Waals surface area contributed by atoms with Crippen molar-refractivity contribution >= 4 is 21.6 Å². The Hall–Kier alpha value is -0.0600. The molecule has 152 valence electrons. The van der Waals surface area contributed by atoms with E-state index < -0.39 is 0 Å². The van der Waals surface area contributed by atoms with Crippen LogP contribution in [-0.4, -0.2) is 0 Å². The van der Waals surface area contributed by atoms with Crippen LogP contribution in [0.15, 0.2) is 24.3 Å². The SMILES string of the molecule is Cl.PC(c1ccccc1C1CCCCC1)(C1CCCCC1)C1CCCCC1.